The van der Waals surface area contributed by atoms with Gasteiger partial charge in [0, 0.05) is 97.4 Å². The monoisotopic (exact) mass is 1220 g/mol. The van der Waals surface area contributed by atoms with Crippen LogP contribution in [0, 0.1) is 53.3 Å². The van der Waals surface area contributed by atoms with Crippen LogP contribution in [0.25, 0.3) is 0 Å². The zero-order valence-corrected chi connectivity index (χ0v) is 55.1. The normalized spacial score (nSPS) is 23.9. The molecule has 0 radical (unpaired) electrons. The summed E-state index contributed by atoms with van der Waals surface area (Å²) in [6.45, 7) is 25.8. The number of nitrogens with one attached hydrogen (secondary N) is 3. The molecule has 18 heteroatoms. The number of benzene rings is 1. The summed E-state index contributed by atoms with van der Waals surface area (Å²) in [4.78, 5) is 117. The SMILES string of the molecule is CCOC(=O)CC1CCN(C(=O)[C@H](CC(C)C(C)C[C@@H]2NCCN([C@@H](CC(C)C)C(=O)N3CCC(Cc4cccnc4)CC3)C2=O)N2CCN[C@@H](CC(C)C(C)C[C@@H](C(=O)N3CCC(Cc4ccccc4)CC3)N3CCN[C@@H](CC(C)C)C3=O)C2=O)CC1. The van der Waals surface area contributed by atoms with Gasteiger partial charge in [-0.3, -0.25) is 38.5 Å². The zero-order chi connectivity index (χ0) is 63.0. The van der Waals surface area contributed by atoms with E-state index in [1.54, 1.807) is 6.20 Å². The number of aromatic nitrogens is 1. The van der Waals surface area contributed by atoms with Crippen molar-refractivity contribution in [3.8, 4) is 0 Å². The highest BCUT2D eigenvalue weighted by molar-refractivity contribution is 5.92. The summed E-state index contributed by atoms with van der Waals surface area (Å²) in [6, 6.07) is 11.3. The van der Waals surface area contributed by atoms with Gasteiger partial charge in [-0.2, -0.15) is 0 Å². The number of rotatable bonds is 27. The lowest BCUT2D eigenvalue weighted by molar-refractivity contribution is -0.152. The smallest absolute Gasteiger partial charge is 0.306 e. The first-order valence-electron chi connectivity index (χ1n) is 34.3. The quantitative estimate of drug-likeness (QED) is 0.0760. The summed E-state index contributed by atoms with van der Waals surface area (Å²) < 4.78 is 5.28. The molecule has 2 aromatic rings. The average Bonchev–Trinajstić information content (AvgIpc) is 3.59. The lowest BCUT2D eigenvalue weighted by Gasteiger charge is -2.44. The first kappa shape index (κ1) is 68.4. The lowest BCUT2D eigenvalue weighted by atomic mass is 9.82. The van der Waals surface area contributed by atoms with Crippen molar-refractivity contribution >= 4 is 41.4 Å². The number of nitrogens with zero attached hydrogens (tertiary/aromatic N) is 7. The van der Waals surface area contributed by atoms with E-state index < -0.39 is 30.2 Å². The van der Waals surface area contributed by atoms with Crippen molar-refractivity contribution in [1.29, 1.82) is 0 Å². The Hall–Kier alpha value is -5.46. The van der Waals surface area contributed by atoms with Gasteiger partial charge in [-0.05, 0) is 167 Å². The van der Waals surface area contributed by atoms with Gasteiger partial charge in [0.25, 0.3) is 0 Å². The van der Waals surface area contributed by atoms with Crippen LogP contribution in [0.1, 0.15) is 157 Å². The maximum absolute atomic E-state index is 15.2. The Morgan fingerprint density at radius 1 is 0.489 bits per heavy atom. The van der Waals surface area contributed by atoms with Crippen LogP contribution in [0.15, 0.2) is 54.9 Å². The number of carbonyl (C=O) groups excluding carboxylic acids is 7. The van der Waals surface area contributed by atoms with Crippen LogP contribution in [-0.2, 0) is 51.1 Å². The number of pyridine rings is 1. The van der Waals surface area contributed by atoms with Crippen molar-refractivity contribution in [1.82, 2.24) is 50.3 Å². The van der Waals surface area contributed by atoms with E-state index in [2.05, 4.69) is 107 Å². The van der Waals surface area contributed by atoms with Gasteiger partial charge in [0.05, 0.1) is 24.7 Å². The van der Waals surface area contributed by atoms with Crippen LogP contribution in [0.5, 0.6) is 0 Å². The van der Waals surface area contributed by atoms with Gasteiger partial charge < -0.3 is 50.1 Å². The van der Waals surface area contributed by atoms with Gasteiger partial charge in [0.15, 0.2) is 0 Å². The molecule has 6 aliphatic heterocycles. The van der Waals surface area contributed by atoms with Crippen LogP contribution in [0.3, 0.4) is 0 Å². The van der Waals surface area contributed by atoms with E-state index in [0.29, 0.717) is 161 Å². The maximum atomic E-state index is 15.2. The summed E-state index contributed by atoms with van der Waals surface area (Å²) in [7, 11) is 0. The third-order valence-electron chi connectivity index (χ3n) is 20.9. The number of carbonyl (C=O) groups is 7. The molecule has 3 N–H and O–H groups in total. The molecule has 1 aromatic heterocycles. The third kappa shape index (κ3) is 18.6. The van der Waals surface area contributed by atoms with E-state index in [1.165, 1.54) is 11.1 Å². The minimum Gasteiger partial charge on any atom is -0.466 e. The van der Waals surface area contributed by atoms with Crippen LogP contribution >= 0.6 is 0 Å². The van der Waals surface area contributed by atoms with Gasteiger partial charge in [0.1, 0.15) is 18.1 Å². The fraction of sp³-hybridized carbons (Fsp3) is 0.743. The standard InChI is InChI=1S/C70H110N10O8/c1-10-88-64(81)45-56-22-32-77(33-23-56)70(87)63(42-52(9)49(6)39-59-66(83)78(34-26-73-59)61(38-48(4)5)68(85)75-30-20-55(21-31-75)44-57-17-14-24-71-46-57)80-36-27-74-60(67(80)84)40-50(7)51(8)41-62(79-35-25-72-58(65(79)82)37-47(2)3)69(86)76-28-18-54(19-29-76)43-53-15-12-11-13-16-53/h11-17,24,46-52,54-56,58-63,72-74H,10,18-23,25-45H2,1-9H3/t49?,50?,51?,52?,58-,59-,60-,61-,62-,63-/m0/s1. The summed E-state index contributed by atoms with van der Waals surface area (Å²) in [5.74, 6) is 1.03. The average molecular weight is 1220 g/mol. The van der Waals surface area contributed by atoms with Gasteiger partial charge in [-0.25, -0.2) is 0 Å². The zero-order valence-electron chi connectivity index (χ0n) is 55.1. The van der Waals surface area contributed by atoms with E-state index in [-0.39, 0.29) is 83.0 Å². The van der Waals surface area contributed by atoms with Gasteiger partial charge in [0.2, 0.25) is 35.4 Å². The van der Waals surface area contributed by atoms with E-state index >= 15 is 9.59 Å². The fourth-order valence-electron chi connectivity index (χ4n) is 15.1. The van der Waals surface area contributed by atoms with Gasteiger partial charge >= 0.3 is 5.97 Å². The molecule has 6 amide bonds. The molecule has 7 heterocycles. The topological polar surface area (TPSA) is 197 Å². The Balaban J connectivity index is 0.937. The number of piperidine rings is 3. The third-order valence-corrected chi connectivity index (χ3v) is 20.9. The molecule has 1 aromatic carbocycles. The number of ether oxygens (including phenoxy) is 1. The second kappa shape index (κ2) is 33.0. The Labute approximate surface area is 527 Å². The highest BCUT2D eigenvalue weighted by atomic mass is 16.5. The molecular formula is C70H110N10O8. The molecule has 0 spiro atoms. The first-order chi connectivity index (χ1) is 42.3. The summed E-state index contributed by atoms with van der Waals surface area (Å²) >= 11 is 0. The molecular weight excluding hydrogens is 1110 g/mol. The van der Waals surface area contributed by atoms with E-state index in [0.717, 1.165) is 38.5 Å². The highest BCUT2D eigenvalue weighted by Crippen LogP contribution is 2.34. The van der Waals surface area contributed by atoms with Crippen molar-refractivity contribution in [3.63, 3.8) is 0 Å². The van der Waals surface area contributed by atoms with E-state index in [9.17, 15) is 24.0 Å². The number of hydrogen-bond acceptors (Lipinski definition) is 12. The summed E-state index contributed by atoms with van der Waals surface area (Å²) in [6.07, 6.45) is 14.2. The molecule has 6 fully saturated rings. The highest BCUT2D eigenvalue weighted by Gasteiger charge is 2.45. The molecule has 0 aliphatic carbocycles. The van der Waals surface area contributed by atoms with Crippen molar-refractivity contribution < 1.29 is 38.3 Å². The van der Waals surface area contributed by atoms with Gasteiger partial charge in [-0.1, -0.05) is 91.8 Å². The molecule has 488 valence electrons. The summed E-state index contributed by atoms with van der Waals surface area (Å²) in [5, 5.41) is 10.5. The molecule has 0 bridgehead atoms. The molecule has 88 heavy (non-hydrogen) atoms. The van der Waals surface area contributed by atoms with Crippen LogP contribution < -0.4 is 16.0 Å². The Morgan fingerprint density at radius 2 is 0.886 bits per heavy atom. The number of amides is 6. The minimum absolute atomic E-state index is 0.00942. The second-order valence-electron chi connectivity index (χ2n) is 28.3. The van der Waals surface area contributed by atoms with E-state index in [4.69, 9.17) is 4.74 Å². The Kier molecular flexibility index (Phi) is 25.7. The summed E-state index contributed by atoms with van der Waals surface area (Å²) in [5.41, 5.74) is 2.53. The van der Waals surface area contributed by atoms with Gasteiger partial charge in [-0.15, -0.1) is 0 Å². The fourth-order valence-corrected chi connectivity index (χ4v) is 15.1. The molecule has 18 nitrogen and oxygen atoms in total. The number of hydrogen-bond donors (Lipinski definition) is 3. The van der Waals surface area contributed by atoms with Crippen molar-refractivity contribution in [2.45, 2.75) is 195 Å². The van der Waals surface area contributed by atoms with Crippen molar-refractivity contribution in [2.75, 3.05) is 85.1 Å². The molecule has 8 rings (SSSR count). The van der Waals surface area contributed by atoms with Crippen molar-refractivity contribution in [2.24, 2.45) is 53.3 Å². The lowest BCUT2D eigenvalue weighted by Crippen LogP contribution is -2.63. The second-order valence-corrected chi connectivity index (χ2v) is 28.3. The first-order valence-corrected chi connectivity index (χ1v) is 34.3. The number of esters is 1. The largest absolute Gasteiger partial charge is 0.466 e. The molecule has 6 aliphatic rings. The van der Waals surface area contributed by atoms with Crippen LogP contribution in [0.4, 0.5) is 0 Å². The van der Waals surface area contributed by atoms with Crippen LogP contribution in [0.2, 0.25) is 0 Å². The Morgan fingerprint density at radius 3 is 1.28 bits per heavy atom. The van der Waals surface area contributed by atoms with Crippen LogP contribution in [-0.4, -0.2) is 197 Å². The minimum atomic E-state index is -0.742. The molecule has 0 saturated carbocycles. The number of piperazine rings is 3. The number of likely N-dealkylation sites (tertiary alicyclic amines) is 3. The van der Waals surface area contributed by atoms with Crippen molar-refractivity contribution in [3.05, 3.63) is 66.0 Å². The van der Waals surface area contributed by atoms with E-state index in [1.807, 2.05) is 54.7 Å². The maximum Gasteiger partial charge on any atom is 0.306 e. The predicted molar refractivity (Wildman–Crippen MR) is 343 cm³/mol. The molecule has 4 unspecified atom stereocenters. The Bertz CT molecular complexity index is 2570. The predicted octanol–water partition coefficient (Wildman–Crippen LogP) is 7.24. The molecule has 6 saturated heterocycles. The molecule has 10 atom stereocenters.